The predicted molar refractivity (Wildman–Crippen MR) is 119 cm³/mol. The van der Waals surface area contributed by atoms with Crippen molar-refractivity contribution < 1.29 is 57.8 Å². The fourth-order valence-electron chi connectivity index (χ4n) is 3.63. The van der Waals surface area contributed by atoms with Gasteiger partial charge in [0.05, 0.1) is 0 Å². The quantitative estimate of drug-likeness (QED) is 0.108. The summed E-state index contributed by atoms with van der Waals surface area (Å²) in [6.07, 6.45) is -4.98. The maximum Gasteiger partial charge on any atom is 0.462 e. The molecule has 0 radical (unpaired) electrons. The number of hydrogen-bond acceptors (Lipinski definition) is 2. The van der Waals surface area contributed by atoms with Crippen LogP contribution in [0.2, 0.25) is 0 Å². The van der Waals surface area contributed by atoms with Crippen molar-refractivity contribution in [2.45, 2.75) is 140 Å². The Morgan fingerprint density at radius 3 is 1.21 bits per heavy atom. The molecule has 1 atom stereocenters. The summed E-state index contributed by atoms with van der Waals surface area (Å²) in [5.74, 6) is -16.3. The van der Waals surface area contributed by atoms with E-state index in [-0.39, 0.29) is 6.42 Å². The molecule has 1 N–H and O–H groups in total. The summed E-state index contributed by atoms with van der Waals surface area (Å²) in [6.45, 7) is 1.51. The molecule has 0 aromatic carbocycles. The van der Waals surface area contributed by atoms with Crippen LogP contribution in [0.1, 0.15) is 110 Å². The van der Waals surface area contributed by atoms with Crippen molar-refractivity contribution in [1.29, 1.82) is 0 Å². The summed E-state index contributed by atoms with van der Waals surface area (Å²) < 4.78 is 143. The Labute approximate surface area is 216 Å². The predicted octanol–water partition coefficient (Wildman–Crippen LogP) is 9.40. The van der Waals surface area contributed by atoms with Crippen LogP contribution in [0.3, 0.4) is 0 Å². The van der Waals surface area contributed by atoms with E-state index in [4.69, 9.17) is 0 Å². The molecular weight excluding hydrogens is 543 g/mol. The lowest BCUT2D eigenvalue weighted by Gasteiger charge is -2.34. The first-order chi connectivity index (χ1) is 17.4. The van der Waals surface area contributed by atoms with E-state index >= 15 is 0 Å². The van der Waals surface area contributed by atoms with Gasteiger partial charge in [-0.25, -0.2) is 0 Å². The molecule has 14 heteroatoms. The van der Waals surface area contributed by atoms with Crippen molar-refractivity contribution in [3.8, 4) is 0 Å². The normalized spacial score (nSPS) is 14.9. The molecule has 0 saturated carbocycles. The number of unbranched alkanes of at least 4 members (excludes halogenated alkanes) is 15. The number of nitrogens with one attached hydrogen (secondary N) is 1. The lowest BCUT2D eigenvalue weighted by atomic mass is 10.0. The minimum absolute atomic E-state index is 0.00691. The molecule has 228 valence electrons. The summed E-state index contributed by atoms with van der Waals surface area (Å²) >= 11 is 0. The number of carbonyl (C=O) groups is 1. The van der Waals surface area contributed by atoms with Crippen LogP contribution in [0.4, 0.5) is 48.3 Å². The van der Waals surface area contributed by atoms with Gasteiger partial charge in [-0.1, -0.05) is 103 Å². The van der Waals surface area contributed by atoms with Gasteiger partial charge in [0.25, 0.3) is 5.91 Å². The molecule has 0 spiro atoms. The van der Waals surface area contributed by atoms with E-state index in [0.29, 0.717) is 12.8 Å². The van der Waals surface area contributed by atoms with Crippen LogP contribution < -0.4 is 5.32 Å². The molecule has 3 nitrogen and oxygen atoms in total. The third-order valence-electron chi connectivity index (χ3n) is 5.96. The summed E-state index contributed by atoms with van der Waals surface area (Å²) in [5, 5.41) is 1.27. The zero-order valence-corrected chi connectivity index (χ0v) is 21.5. The average Bonchev–Trinajstić information content (AvgIpc) is 2.79. The number of amides is 1. The fraction of sp³-hybridized carbons (Fsp3) is 0.958. The second-order valence-electron chi connectivity index (χ2n) is 9.34. The molecule has 0 aromatic rings. The third kappa shape index (κ3) is 12.2. The molecule has 0 bridgehead atoms. The van der Waals surface area contributed by atoms with E-state index in [9.17, 15) is 53.1 Å². The molecule has 0 aliphatic rings. The Hall–Kier alpha value is -1.34. The van der Waals surface area contributed by atoms with E-state index < -0.39 is 42.7 Å². The Balaban J connectivity index is 4.25. The minimum Gasteiger partial charge on any atom is -0.351 e. The molecule has 0 rings (SSSR count). The monoisotopic (exact) mass is 581 g/mol. The zero-order valence-electron chi connectivity index (χ0n) is 21.5. The minimum atomic E-state index is -7.20. The lowest BCUT2D eigenvalue weighted by Crippen LogP contribution is -2.63. The lowest BCUT2D eigenvalue weighted by molar-refractivity contribution is -0.472. The molecule has 0 heterocycles. The number of ether oxygens (including phenoxy) is 1. The molecule has 0 aromatic heterocycles. The van der Waals surface area contributed by atoms with Crippen molar-refractivity contribution >= 4 is 5.91 Å². The van der Waals surface area contributed by atoms with Crippen LogP contribution in [0, 0.1) is 0 Å². The number of alkyl halides is 11. The Kier molecular flexibility index (Phi) is 16.1. The Bertz CT molecular complexity index is 654. The van der Waals surface area contributed by atoms with Gasteiger partial charge in [-0.15, -0.1) is 0 Å². The highest BCUT2D eigenvalue weighted by atomic mass is 19.4. The van der Waals surface area contributed by atoms with Gasteiger partial charge in [-0.05, 0) is 6.42 Å². The molecule has 0 fully saturated rings. The van der Waals surface area contributed by atoms with Gasteiger partial charge in [-0.3, -0.25) is 9.53 Å². The molecule has 0 saturated heterocycles. The summed E-state index contributed by atoms with van der Waals surface area (Å²) in [4.78, 5) is 11.5. The Morgan fingerprint density at radius 1 is 0.553 bits per heavy atom. The average molecular weight is 582 g/mol. The first-order valence-corrected chi connectivity index (χ1v) is 13.0. The van der Waals surface area contributed by atoms with Gasteiger partial charge >= 0.3 is 30.2 Å². The summed E-state index contributed by atoms with van der Waals surface area (Å²) in [5.41, 5.74) is 0. The van der Waals surface area contributed by atoms with E-state index in [1.54, 1.807) is 0 Å². The largest absolute Gasteiger partial charge is 0.462 e. The third-order valence-corrected chi connectivity index (χ3v) is 5.96. The second kappa shape index (κ2) is 16.7. The Morgan fingerprint density at radius 2 is 0.895 bits per heavy atom. The van der Waals surface area contributed by atoms with Crippen molar-refractivity contribution in [2.75, 3.05) is 6.54 Å². The zero-order chi connectivity index (χ0) is 29.5. The van der Waals surface area contributed by atoms with Crippen molar-refractivity contribution in [3.63, 3.8) is 0 Å². The van der Waals surface area contributed by atoms with E-state index in [0.717, 1.165) is 32.1 Å². The summed E-state index contributed by atoms with van der Waals surface area (Å²) in [7, 11) is 0. The van der Waals surface area contributed by atoms with E-state index in [1.165, 1.54) is 56.7 Å². The van der Waals surface area contributed by atoms with Crippen LogP contribution >= 0.6 is 0 Å². The van der Waals surface area contributed by atoms with Crippen LogP contribution in [0.5, 0.6) is 0 Å². The highest BCUT2D eigenvalue weighted by molar-refractivity contribution is 5.84. The molecule has 0 aliphatic carbocycles. The molecule has 0 unspecified atom stereocenters. The molecule has 38 heavy (non-hydrogen) atoms. The van der Waals surface area contributed by atoms with Gasteiger partial charge in [0.1, 0.15) is 0 Å². The van der Waals surface area contributed by atoms with Gasteiger partial charge in [0.15, 0.2) is 0 Å². The van der Waals surface area contributed by atoms with Crippen LogP contribution in [-0.4, -0.2) is 42.7 Å². The highest BCUT2D eigenvalue weighted by Crippen LogP contribution is 2.51. The van der Waals surface area contributed by atoms with Gasteiger partial charge in [0.2, 0.25) is 0 Å². The van der Waals surface area contributed by atoms with Crippen LogP contribution in [-0.2, 0) is 9.53 Å². The topological polar surface area (TPSA) is 38.3 Å². The molecular formula is C24H38F11NO2. The second-order valence-corrected chi connectivity index (χ2v) is 9.34. The SMILES string of the molecule is CCCCCCCCCCCCCCCCCCNC(=O)[C@](F)(OC(F)(F)C(F)(F)C(F)(F)F)C(F)(F)F. The van der Waals surface area contributed by atoms with Crippen molar-refractivity contribution in [2.24, 2.45) is 0 Å². The number of rotatable bonds is 21. The maximum absolute atomic E-state index is 14.1. The molecule has 0 aliphatic heterocycles. The van der Waals surface area contributed by atoms with Crippen molar-refractivity contribution in [3.05, 3.63) is 0 Å². The first-order valence-electron chi connectivity index (χ1n) is 13.0. The smallest absolute Gasteiger partial charge is 0.351 e. The first kappa shape index (κ1) is 36.7. The number of halogens is 11. The van der Waals surface area contributed by atoms with Crippen molar-refractivity contribution in [1.82, 2.24) is 5.32 Å². The van der Waals surface area contributed by atoms with Gasteiger partial charge in [0, 0.05) is 6.54 Å². The summed E-state index contributed by atoms with van der Waals surface area (Å²) in [6, 6.07) is 0. The van der Waals surface area contributed by atoms with Gasteiger partial charge < -0.3 is 5.32 Å². The maximum atomic E-state index is 14.1. The highest BCUT2D eigenvalue weighted by Gasteiger charge is 2.79. The van der Waals surface area contributed by atoms with E-state index in [2.05, 4.69) is 11.7 Å². The van der Waals surface area contributed by atoms with Crippen LogP contribution in [0.25, 0.3) is 0 Å². The van der Waals surface area contributed by atoms with Crippen LogP contribution in [0.15, 0.2) is 0 Å². The standard InChI is InChI=1S/C24H38F11NO2/c1-2-3-4-5-6-7-8-9-10-11-12-13-14-15-16-17-18-36-19(37)20(25,22(28,29)30)38-24(34,35)21(26,27)23(31,32)33/h2-18H2,1H3,(H,36,37)/t20-/m0/s1. The number of carbonyl (C=O) groups excluding carboxylic acids is 1. The molecule has 1 amide bonds. The fourth-order valence-corrected chi connectivity index (χ4v) is 3.63. The number of hydrogen-bond donors (Lipinski definition) is 1. The van der Waals surface area contributed by atoms with Gasteiger partial charge in [-0.2, -0.15) is 48.3 Å². The van der Waals surface area contributed by atoms with E-state index in [1.807, 2.05) is 0 Å².